The molecule has 1 atom stereocenters. The zero-order valence-corrected chi connectivity index (χ0v) is 12.8. The van der Waals surface area contributed by atoms with Gasteiger partial charge in [-0.2, -0.15) is 0 Å². The molecule has 1 aliphatic rings. The molecule has 2 rings (SSSR count). The van der Waals surface area contributed by atoms with Crippen molar-refractivity contribution >= 4 is 12.1 Å². The molecule has 0 saturated carbocycles. The SMILES string of the molecule is CC1(C)CN(C(=O)OCc2ccccc2)CC1OCC(=O)O. The van der Waals surface area contributed by atoms with Gasteiger partial charge in [0.15, 0.2) is 0 Å². The number of carboxylic acid groups (broad SMARTS) is 1. The van der Waals surface area contributed by atoms with E-state index in [1.807, 2.05) is 44.2 Å². The maximum atomic E-state index is 12.1. The summed E-state index contributed by atoms with van der Waals surface area (Å²) in [5, 5.41) is 8.70. The molecule has 120 valence electrons. The van der Waals surface area contributed by atoms with Gasteiger partial charge in [-0.3, -0.25) is 0 Å². The molecule has 1 heterocycles. The predicted octanol–water partition coefficient (Wildman–Crippen LogP) is 2.13. The van der Waals surface area contributed by atoms with Gasteiger partial charge in [0.05, 0.1) is 12.6 Å². The van der Waals surface area contributed by atoms with Gasteiger partial charge >= 0.3 is 12.1 Å². The van der Waals surface area contributed by atoms with Crippen LogP contribution in [0.1, 0.15) is 19.4 Å². The van der Waals surface area contributed by atoms with Crippen LogP contribution in [-0.2, 0) is 20.9 Å². The number of carboxylic acids is 1. The number of carbonyl (C=O) groups excluding carboxylic acids is 1. The molecule has 1 amide bonds. The number of hydrogen-bond donors (Lipinski definition) is 1. The molecule has 0 spiro atoms. The molecular formula is C16H21NO5. The smallest absolute Gasteiger partial charge is 0.410 e. The van der Waals surface area contributed by atoms with Gasteiger partial charge in [-0.15, -0.1) is 0 Å². The van der Waals surface area contributed by atoms with Gasteiger partial charge in [-0.1, -0.05) is 44.2 Å². The van der Waals surface area contributed by atoms with Crippen LogP contribution in [-0.4, -0.2) is 47.9 Å². The topological polar surface area (TPSA) is 76.1 Å². The van der Waals surface area contributed by atoms with E-state index in [-0.39, 0.29) is 24.7 Å². The Hall–Kier alpha value is -2.08. The lowest BCUT2D eigenvalue weighted by molar-refractivity contribution is -0.145. The Bertz CT molecular complexity index is 529. The average molecular weight is 307 g/mol. The summed E-state index contributed by atoms with van der Waals surface area (Å²) in [4.78, 5) is 24.3. The number of aliphatic carboxylic acids is 1. The summed E-state index contributed by atoms with van der Waals surface area (Å²) in [6, 6.07) is 9.45. The van der Waals surface area contributed by atoms with E-state index in [1.54, 1.807) is 4.90 Å². The van der Waals surface area contributed by atoms with Gasteiger partial charge < -0.3 is 19.5 Å². The van der Waals surface area contributed by atoms with Gasteiger partial charge in [-0.25, -0.2) is 9.59 Å². The second kappa shape index (κ2) is 6.79. The van der Waals surface area contributed by atoms with Crippen LogP contribution in [0, 0.1) is 5.41 Å². The number of likely N-dealkylation sites (tertiary alicyclic amines) is 1. The van der Waals surface area contributed by atoms with Gasteiger partial charge in [-0.05, 0) is 5.56 Å². The fourth-order valence-electron chi connectivity index (χ4n) is 2.51. The van der Waals surface area contributed by atoms with Crippen LogP contribution in [0.3, 0.4) is 0 Å². The minimum absolute atomic E-state index is 0.219. The fraction of sp³-hybridized carbons (Fsp3) is 0.500. The third kappa shape index (κ3) is 4.21. The number of rotatable bonds is 5. The largest absolute Gasteiger partial charge is 0.480 e. The van der Waals surface area contributed by atoms with Crippen LogP contribution in [0.5, 0.6) is 0 Å². The van der Waals surface area contributed by atoms with Crippen LogP contribution >= 0.6 is 0 Å². The summed E-state index contributed by atoms with van der Waals surface area (Å²) in [7, 11) is 0. The number of nitrogens with zero attached hydrogens (tertiary/aromatic N) is 1. The van der Waals surface area contributed by atoms with E-state index < -0.39 is 12.1 Å². The molecule has 1 aliphatic heterocycles. The summed E-state index contributed by atoms with van der Waals surface area (Å²) in [6.45, 7) is 4.57. The van der Waals surface area contributed by atoms with E-state index in [1.165, 1.54) is 0 Å². The zero-order valence-electron chi connectivity index (χ0n) is 12.8. The van der Waals surface area contributed by atoms with E-state index in [9.17, 15) is 9.59 Å². The molecule has 1 fully saturated rings. The zero-order chi connectivity index (χ0) is 16.2. The Morgan fingerprint density at radius 1 is 1.32 bits per heavy atom. The molecule has 0 bridgehead atoms. The van der Waals surface area contributed by atoms with Crippen LogP contribution in [0.2, 0.25) is 0 Å². The molecule has 1 saturated heterocycles. The van der Waals surface area contributed by atoms with Crippen molar-refractivity contribution in [2.45, 2.75) is 26.6 Å². The molecule has 1 aromatic rings. The summed E-state index contributed by atoms with van der Waals surface area (Å²) >= 11 is 0. The normalized spacial score (nSPS) is 19.9. The Morgan fingerprint density at radius 3 is 2.64 bits per heavy atom. The third-order valence-corrected chi connectivity index (χ3v) is 3.73. The first-order chi connectivity index (χ1) is 10.4. The number of hydrogen-bond acceptors (Lipinski definition) is 4. The van der Waals surface area contributed by atoms with E-state index in [4.69, 9.17) is 14.6 Å². The number of benzene rings is 1. The molecule has 0 aliphatic carbocycles. The fourth-order valence-corrected chi connectivity index (χ4v) is 2.51. The van der Waals surface area contributed by atoms with Crippen molar-refractivity contribution in [3.63, 3.8) is 0 Å². The minimum Gasteiger partial charge on any atom is -0.480 e. The molecule has 22 heavy (non-hydrogen) atoms. The van der Waals surface area contributed by atoms with Gasteiger partial charge in [0.2, 0.25) is 0 Å². The standard InChI is InChI=1S/C16H21NO5/c1-16(2)11-17(8-13(16)21-10-14(18)19)15(20)22-9-12-6-4-3-5-7-12/h3-7,13H,8-11H2,1-2H3,(H,18,19). The Kier molecular flexibility index (Phi) is 5.03. The highest BCUT2D eigenvalue weighted by molar-refractivity contribution is 5.69. The second-order valence-corrected chi connectivity index (χ2v) is 6.10. The number of ether oxygens (including phenoxy) is 2. The van der Waals surface area contributed by atoms with Crippen molar-refractivity contribution in [3.05, 3.63) is 35.9 Å². The maximum absolute atomic E-state index is 12.1. The lowest BCUT2D eigenvalue weighted by atomic mass is 9.90. The van der Waals surface area contributed by atoms with Crippen molar-refractivity contribution in [1.82, 2.24) is 4.90 Å². The summed E-state index contributed by atoms with van der Waals surface area (Å²) in [6.07, 6.45) is -0.716. The Balaban J connectivity index is 1.87. The third-order valence-electron chi connectivity index (χ3n) is 3.73. The molecule has 1 unspecified atom stereocenters. The average Bonchev–Trinajstić information content (AvgIpc) is 2.78. The number of amides is 1. The lowest BCUT2D eigenvalue weighted by Crippen LogP contribution is -2.32. The predicted molar refractivity (Wildman–Crippen MR) is 79.4 cm³/mol. The van der Waals surface area contributed by atoms with Crippen molar-refractivity contribution in [2.24, 2.45) is 5.41 Å². The Labute approximate surface area is 129 Å². The second-order valence-electron chi connectivity index (χ2n) is 6.10. The van der Waals surface area contributed by atoms with Crippen molar-refractivity contribution in [1.29, 1.82) is 0 Å². The summed E-state index contributed by atoms with van der Waals surface area (Å²) in [5.74, 6) is -1.01. The minimum atomic E-state index is -1.01. The molecule has 0 aromatic heterocycles. The van der Waals surface area contributed by atoms with Crippen molar-refractivity contribution < 1.29 is 24.2 Å². The molecule has 6 nitrogen and oxygen atoms in total. The first-order valence-corrected chi connectivity index (χ1v) is 7.17. The van der Waals surface area contributed by atoms with E-state index in [0.29, 0.717) is 13.1 Å². The van der Waals surface area contributed by atoms with E-state index in [0.717, 1.165) is 5.56 Å². The molecular weight excluding hydrogens is 286 g/mol. The first kappa shape index (κ1) is 16.3. The maximum Gasteiger partial charge on any atom is 0.410 e. The molecule has 0 radical (unpaired) electrons. The first-order valence-electron chi connectivity index (χ1n) is 7.17. The Morgan fingerprint density at radius 2 is 2.00 bits per heavy atom. The highest BCUT2D eigenvalue weighted by Crippen LogP contribution is 2.32. The van der Waals surface area contributed by atoms with Crippen LogP contribution in [0.4, 0.5) is 4.79 Å². The molecule has 1 aromatic carbocycles. The quantitative estimate of drug-likeness (QED) is 0.902. The molecule has 1 N–H and O–H groups in total. The molecule has 6 heteroatoms. The monoisotopic (exact) mass is 307 g/mol. The highest BCUT2D eigenvalue weighted by atomic mass is 16.6. The van der Waals surface area contributed by atoms with Gasteiger partial charge in [0, 0.05) is 12.0 Å². The van der Waals surface area contributed by atoms with Gasteiger partial charge in [0.1, 0.15) is 13.2 Å². The summed E-state index contributed by atoms with van der Waals surface area (Å²) < 4.78 is 10.7. The van der Waals surface area contributed by atoms with E-state index in [2.05, 4.69) is 0 Å². The van der Waals surface area contributed by atoms with E-state index >= 15 is 0 Å². The summed E-state index contributed by atoms with van der Waals surface area (Å²) in [5.41, 5.74) is 0.620. The van der Waals surface area contributed by atoms with Crippen LogP contribution in [0.15, 0.2) is 30.3 Å². The number of carbonyl (C=O) groups is 2. The van der Waals surface area contributed by atoms with Crippen LogP contribution < -0.4 is 0 Å². The lowest BCUT2D eigenvalue weighted by Gasteiger charge is -2.24. The van der Waals surface area contributed by atoms with Crippen molar-refractivity contribution in [3.8, 4) is 0 Å². The van der Waals surface area contributed by atoms with Gasteiger partial charge in [0.25, 0.3) is 0 Å². The highest BCUT2D eigenvalue weighted by Gasteiger charge is 2.42. The van der Waals surface area contributed by atoms with Crippen LogP contribution in [0.25, 0.3) is 0 Å². The van der Waals surface area contributed by atoms with Crippen molar-refractivity contribution in [2.75, 3.05) is 19.7 Å².